The highest BCUT2D eigenvalue weighted by molar-refractivity contribution is 9.10. The van der Waals surface area contributed by atoms with E-state index >= 15 is 0 Å². The number of nitrogens with one attached hydrogen (secondary N) is 1. The average Bonchev–Trinajstić information content (AvgIpc) is 3.53. The van der Waals surface area contributed by atoms with Crippen molar-refractivity contribution in [1.29, 1.82) is 0 Å². The van der Waals surface area contributed by atoms with Crippen molar-refractivity contribution >= 4 is 65.7 Å². The zero-order valence-electron chi connectivity index (χ0n) is 21.2. The van der Waals surface area contributed by atoms with E-state index in [-0.39, 0.29) is 18.7 Å². The van der Waals surface area contributed by atoms with E-state index in [1.165, 1.54) is 33.6 Å². The molecule has 0 fully saturated rings. The maximum absolute atomic E-state index is 13.6. The minimum atomic E-state index is -0.516. The van der Waals surface area contributed by atoms with Crippen LogP contribution in [0.5, 0.6) is 0 Å². The van der Waals surface area contributed by atoms with Gasteiger partial charge in [0.15, 0.2) is 0 Å². The first-order valence-electron chi connectivity index (χ1n) is 12.3. The average molecular weight is 623 g/mol. The minimum absolute atomic E-state index is 0.207. The Balaban J connectivity index is 1.48. The zero-order valence-corrected chi connectivity index (χ0v) is 24.4. The molecule has 0 aliphatic carbocycles. The third-order valence-corrected chi connectivity index (χ3v) is 8.79. The monoisotopic (exact) mass is 621 g/mol. The summed E-state index contributed by atoms with van der Waals surface area (Å²) in [6.07, 6.45) is 2.16. The number of aryl methyl sites for hydroxylation is 1. The molecule has 0 bridgehead atoms. The normalized spacial score (nSPS) is 11.1. The fraction of sp³-hybridized carbons (Fsp3) is 0.172. The number of thiophene rings is 2. The lowest BCUT2D eigenvalue weighted by atomic mass is 10.0. The minimum Gasteiger partial charge on any atom is -0.462 e. The van der Waals surface area contributed by atoms with E-state index < -0.39 is 11.9 Å². The predicted molar refractivity (Wildman–Crippen MR) is 161 cm³/mol. The van der Waals surface area contributed by atoms with Crippen molar-refractivity contribution in [2.75, 3.05) is 11.9 Å². The second kappa shape index (κ2) is 11.6. The lowest BCUT2D eigenvalue weighted by Gasteiger charge is -2.10. The number of anilines is 1. The number of carbonyl (C=O) groups excluding carboxylic acids is 2. The second-order valence-electron chi connectivity index (χ2n) is 8.61. The van der Waals surface area contributed by atoms with Crippen molar-refractivity contribution in [2.24, 2.45) is 0 Å². The number of benzene rings is 2. The van der Waals surface area contributed by atoms with Gasteiger partial charge in [-0.25, -0.2) is 9.78 Å². The topological polar surface area (TPSA) is 90.3 Å². The third-order valence-electron chi connectivity index (χ3n) is 6.13. The summed E-state index contributed by atoms with van der Waals surface area (Å²) in [7, 11) is 0. The third kappa shape index (κ3) is 5.45. The summed E-state index contributed by atoms with van der Waals surface area (Å²) in [5, 5.41) is 5.52. The fourth-order valence-corrected chi connectivity index (χ4v) is 6.69. The van der Waals surface area contributed by atoms with Crippen molar-refractivity contribution < 1.29 is 14.3 Å². The van der Waals surface area contributed by atoms with Crippen LogP contribution in [0.2, 0.25) is 0 Å². The highest BCUT2D eigenvalue weighted by atomic mass is 79.9. The van der Waals surface area contributed by atoms with Gasteiger partial charge in [0.05, 0.1) is 18.3 Å². The number of aromatic nitrogens is 2. The van der Waals surface area contributed by atoms with Gasteiger partial charge >= 0.3 is 5.97 Å². The lowest BCUT2D eigenvalue weighted by Crippen LogP contribution is -2.28. The van der Waals surface area contributed by atoms with Crippen molar-refractivity contribution in [3.8, 4) is 22.3 Å². The Bertz CT molecular complexity index is 1720. The number of rotatable bonds is 8. The van der Waals surface area contributed by atoms with Crippen LogP contribution in [0, 0.1) is 0 Å². The quantitative estimate of drug-likeness (QED) is 0.188. The largest absolute Gasteiger partial charge is 0.462 e. The molecule has 2 aromatic carbocycles. The molecule has 0 aliphatic heterocycles. The van der Waals surface area contributed by atoms with E-state index in [1.807, 2.05) is 66.9 Å². The number of carbonyl (C=O) groups is 2. The van der Waals surface area contributed by atoms with Gasteiger partial charge in [0.1, 0.15) is 21.9 Å². The molecule has 3 aromatic heterocycles. The van der Waals surface area contributed by atoms with Crippen LogP contribution < -0.4 is 10.9 Å². The molecule has 0 radical (unpaired) electrons. The second-order valence-corrected chi connectivity index (χ2v) is 11.5. The van der Waals surface area contributed by atoms with Gasteiger partial charge in [-0.05, 0) is 36.6 Å². The lowest BCUT2D eigenvalue weighted by molar-refractivity contribution is -0.116. The standard InChI is InChI=1S/C29H24BrN3O4S2/c1-3-21-23(18-10-12-19(30)13-11-18)25-26(39-21)31-16-33(28(25)35)14-22(34)32-27-24(29(36)37-4-2)20(15-38-27)17-8-6-5-7-9-17/h5-13,15-16H,3-4,14H2,1-2H3,(H,32,34). The van der Waals surface area contributed by atoms with Crippen molar-refractivity contribution in [3.63, 3.8) is 0 Å². The van der Waals surface area contributed by atoms with Crippen LogP contribution in [0.1, 0.15) is 29.1 Å². The first kappa shape index (κ1) is 27.0. The van der Waals surface area contributed by atoms with Gasteiger partial charge in [-0.1, -0.05) is 65.3 Å². The molecule has 0 atom stereocenters. The Morgan fingerprint density at radius 3 is 2.49 bits per heavy atom. The van der Waals surface area contributed by atoms with Crippen molar-refractivity contribution in [3.05, 3.63) is 91.6 Å². The van der Waals surface area contributed by atoms with E-state index in [0.29, 0.717) is 26.3 Å². The van der Waals surface area contributed by atoms with E-state index in [2.05, 4.69) is 26.2 Å². The number of ether oxygens (including phenoxy) is 1. The van der Waals surface area contributed by atoms with Crippen LogP contribution >= 0.6 is 38.6 Å². The maximum atomic E-state index is 13.6. The van der Waals surface area contributed by atoms with Gasteiger partial charge in [0.2, 0.25) is 5.91 Å². The first-order valence-corrected chi connectivity index (χ1v) is 14.8. The van der Waals surface area contributed by atoms with Crippen molar-refractivity contribution in [1.82, 2.24) is 9.55 Å². The highest BCUT2D eigenvalue weighted by Gasteiger charge is 2.24. The molecule has 1 N–H and O–H groups in total. The number of hydrogen-bond donors (Lipinski definition) is 1. The molecule has 5 aromatic rings. The van der Waals surface area contributed by atoms with Gasteiger partial charge in [0.25, 0.3) is 5.56 Å². The molecule has 3 heterocycles. The molecule has 0 saturated heterocycles. The summed E-state index contributed by atoms with van der Waals surface area (Å²) in [6, 6.07) is 17.2. The number of amides is 1. The van der Waals surface area contributed by atoms with Gasteiger partial charge in [-0.15, -0.1) is 22.7 Å². The van der Waals surface area contributed by atoms with Crippen molar-refractivity contribution in [2.45, 2.75) is 26.8 Å². The maximum Gasteiger partial charge on any atom is 0.341 e. The molecule has 0 aliphatic rings. The smallest absolute Gasteiger partial charge is 0.341 e. The van der Waals surface area contributed by atoms with Gasteiger partial charge in [0, 0.05) is 25.9 Å². The van der Waals surface area contributed by atoms with Gasteiger partial charge < -0.3 is 10.1 Å². The van der Waals surface area contributed by atoms with E-state index in [1.54, 1.807) is 6.92 Å². The van der Waals surface area contributed by atoms with Crippen LogP contribution in [0.3, 0.4) is 0 Å². The van der Waals surface area contributed by atoms with Crippen LogP contribution in [0.15, 0.2) is 75.6 Å². The molecule has 5 rings (SSSR count). The molecule has 0 unspecified atom stereocenters. The van der Waals surface area contributed by atoms with Crippen LogP contribution in [0.25, 0.3) is 32.5 Å². The molecular weight excluding hydrogens is 598 g/mol. The predicted octanol–water partition coefficient (Wildman–Crippen LogP) is 6.99. The highest BCUT2D eigenvalue weighted by Crippen LogP contribution is 2.38. The molecule has 1 amide bonds. The number of nitrogens with zero attached hydrogens (tertiary/aromatic N) is 2. The molecule has 0 saturated carbocycles. The van der Waals surface area contributed by atoms with Crippen LogP contribution in [0.4, 0.5) is 5.00 Å². The Hall–Kier alpha value is -3.60. The first-order chi connectivity index (χ1) is 18.9. The Labute approximate surface area is 241 Å². The van der Waals surface area contributed by atoms with Crippen LogP contribution in [-0.2, 0) is 22.5 Å². The van der Waals surface area contributed by atoms with E-state index in [0.717, 1.165) is 32.5 Å². The van der Waals surface area contributed by atoms with Gasteiger partial charge in [-0.2, -0.15) is 0 Å². The number of esters is 1. The SMILES string of the molecule is CCOC(=O)c1c(-c2ccccc2)csc1NC(=O)Cn1cnc2sc(CC)c(-c3ccc(Br)cc3)c2c1=O. The van der Waals surface area contributed by atoms with E-state index in [9.17, 15) is 14.4 Å². The molecular formula is C29H24BrN3O4S2. The molecule has 7 nitrogen and oxygen atoms in total. The van der Waals surface area contributed by atoms with E-state index in [4.69, 9.17) is 4.74 Å². The summed E-state index contributed by atoms with van der Waals surface area (Å²) in [4.78, 5) is 45.8. The number of fused-ring (bicyclic) bond motifs is 1. The molecule has 10 heteroatoms. The van der Waals surface area contributed by atoms with Crippen LogP contribution in [-0.4, -0.2) is 28.0 Å². The summed E-state index contributed by atoms with van der Waals surface area (Å²) in [5.74, 6) is -0.959. The Kier molecular flexibility index (Phi) is 8.06. The summed E-state index contributed by atoms with van der Waals surface area (Å²) in [6.45, 7) is 3.74. The molecule has 39 heavy (non-hydrogen) atoms. The zero-order chi connectivity index (χ0) is 27.5. The summed E-state index contributed by atoms with van der Waals surface area (Å²) >= 11 is 6.19. The number of hydrogen-bond acceptors (Lipinski definition) is 7. The summed E-state index contributed by atoms with van der Waals surface area (Å²) < 4.78 is 7.54. The fourth-order valence-electron chi connectivity index (χ4n) is 4.36. The number of halogens is 1. The summed E-state index contributed by atoms with van der Waals surface area (Å²) in [5.41, 5.74) is 3.31. The molecule has 0 spiro atoms. The Morgan fingerprint density at radius 2 is 1.79 bits per heavy atom. The van der Waals surface area contributed by atoms with Gasteiger partial charge in [-0.3, -0.25) is 14.2 Å². The molecule has 198 valence electrons. The Morgan fingerprint density at radius 1 is 1.05 bits per heavy atom.